The lowest BCUT2D eigenvalue weighted by Crippen LogP contribution is -2.15. The van der Waals surface area contributed by atoms with Crippen molar-refractivity contribution in [2.24, 2.45) is 16.7 Å². The van der Waals surface area contributed by atoms with Gasteiger partial charge < -0.3 is 0 Å². The van der Waals surface area contributed by atoms with Gasteiger partial charge in [-0.25, -0.2) is 0 Å². The van der Waals surface area contributed by atoms with E-state index in [4.69, 9.17) is 0 Å². The molecule has 0 N–H and O–H groups in total. The van der Waals surface area contributed by atoms with Gasteiger partial charge in [-0.3, -0.25) is 0 Å². The first-order valence-corrected chi connectivity index (χ1v) is 16.4. The highest BCUT2D eigenvalue weighted by molar-refractivity contribution is 6.39. The Hall–Kier alpha value is -0.715. The van der Waals surface area contributed by atoms with Crippen LogP contribution in [0.25, 0.3) is 0 Å². The van der Waals surface area contributed by atoms with Gasteiger partial charge >= 0.3 is 0 Å². The van der Waals surface area contributed by atoms with Crippen LogP contribution in [0.3, 0.4) is 0 Å². The highest BCUT2D eigenvalue weighted by atomic mass is 14.2. The molecule has 3 aliphatic carbocycles. The maximum atomic E-state index is 2.60. The number of hydrogen-bond acceptors (Lipinski definition) is 0. The normalized spacial score (nSPS) is 27.1. The lowest BCUT2D eigenvalue weighted by atomic mass is 9.49. The van der Waals surface area contributed by atoms with Crippen LogP contribution in [-0.4, -0.2) is 7.28 Å². The van der Waals surface area contributed by atoms with E-state index in [-0.39, 0.29) is 10.8 Å². The summed E-state index contributed by atoms with van der Waals surface area (Å²) in [5.74, 6) is 2.86. The van der Waals surface area contributed by atoms with E-state index in [9.17, 15) is 0 Å². The molecule has 0 bridgehead atoms. The van der Waals surface area contributed by atoms with E-state index in [0.29, 0.717) is 0 Å². The van der Waals surface area contributed by atoms with Crippen molar-refractivity contribution in [1.29, 1.82) is 0 Å². The van der Waals surface area contributed by atoms with Gasteiger partial charge in [0.1, 0.15) is 7.28 Å². The predicted octanol–water partition coefficient (Wildman–Crippen LogP) is 11.6. The molecule has 3 saturated carbocycles. The first-order valence-electron chi connectivity index (χ1n) is 16.4. The van der Waals surface area contributed by atoms with Crippen molar-refractivity contribution in [2.75, 3.05) is 0 Å². The zero-order valence-electron chi connectivity index (χ0n) is 25.0. The van der Waals surface area contributed by atoms with Gasteiger partial charge in [0.15, 0.2) is 0 Å². The topological polar surface area (TPSA) is 0 Å². The number of rotatable bonds is 7. The molecule has 0 amide bonds. The Morgan fingerprint density at radius 1 is 0.528 bits per heavy atom. The Bertz CT molecular complexity index is 665. The minimum Gasteiger partial charge on any atom is -0.0846 e. The first-order chi connectivity index (χ1) is 17.3. The smallest absolute Gasteiger partial charge is 0.0846 e. The molecule has 204 valence electrons. The van der Waals surface area contributed by atoms with Crippen molar-refractivity contribution in [3.63, 3.8) is 0 Å². The third-order valence-corrected chi connectivity index (χ3v) is 9.58. The molecule has 0 unspecified atom stereocenters. The molecule has 3 rings (SSSR count). The molecule has 0 aliphatic heterocycles. The molecule has 3 aliphatic rings. The second kappa shape index (κ2) is 15.6. The molecular weight excluding hydrogens is 431 g/mol. The van der Waals surface area contributed by atoms with E-state index in [0.717, 1.165) is 17.6 Å². The molecule has 0 nitrogen and oxygen atoms in total. The average molecular weight is 493 g/mol. The van der Waals surface area contributed by atoms with Crippen LogP contribution in [0.5, 0.6) is 0 Å². The quantitative estimate of drug-likeness (QED) is 0.245. The predicted molar refractivity (Wildman–Crippen MR) is 164 cm³/mol. The van der Waals surface area contributed by atoms with E-state index in [1.807, 2.05) is 0 Å². The van der Waals surface area contributed by atoms with Crippen molar-refractivity contribution < 1.29 is 0 Å². The summed E-state index contributed by atoms with van der Waals surface area (Å²) in [6.07, 6.45) is 41.7. The minimum atomic E-state index is 0.139. The van der Waals surface area contributed by atoms with Crippen LogP contribution in [0.2, 0.25) is 11.6 Å². The number of allylic oxidation sites excluding steroid dienone is 6. The van der Waals surface area contributed by atoms with Crippen LogP contribution in [0.4, 0.5) is 0 Å². The van der Waals surface area contributed by atoms with Gasteiger partial charge in [-0.1, -0.05) is 165 Å². The van der Waals surface area contributed by atoms with Crippen molar-refractivity contribution in [3.05, 3.63) is 36.0 Å². The average Bonchev–Trinajstić information content (AvgIpc) is 2.77. The van der Waals surface area contributed by atoms with Crippen LogP contribution >= 0.6 is 0 Å². The fraction of sp³-hybridized carbons (Fsp3) is 0.829. The summed E-state index contributed by atoms with van der Waals surface area (Å²) in [6.45, 7) is 9.59. The Morgan fingerprint density at radius 3 is 1.58 bits per heavy atom. The van der Waals surface area contributed by atoms with Crippen LogP contribution in [0, 0.1) is 16.7 Å². The monoisotopic (exact) mass is 492 g/mol. The highest BCUT2D eigenvalue weighted by Crippen LogP contribution is 2.36. The molecule has 0 atom stereocenters. The van der Waals surface area contributed by atoms with Crippen LogP contribution < -0.4 is 0 Å². The third kappa shape index (κ3) is 12.2. The fourth-order valence-corrected chi connectivity index (χ4v) is 7.25. The van der Waals surface area contributed by atoms with Gasteiger partial charge in [0.05, 0.1) is 0 Å². The largest absolute Gasteiger partial charge is 0.127 e. The van der Waals surface area contributed by atoms with Crippen LogP contribution in [0.1, 0.15) is 156 Å². The molecule has 0 spiro atoms. The van der Waals surface area contributed by atoms with Crippen molar-refractivity contribution >= 4 is 7.28 Å². The van der Waals surface area contributed by atoms with E-state index in [1.165, 1.54) is 128 Å². The molecule has 0 aromatic heterocycles. The Morgan fingerprint density at radius 2 is 1.00 bits per heavy atom. The van der Waals surface area contributed by atoms with Crippen molar-refractivity contribution in [2.45, 2.75) is 168 Å². The van der Waals surface area contributed by atoms with E-state index < -0.39 is 0 Å². The lowest BCUT2D eigenvalue weighted by molar-refractivity contribution is 0.425. The van der Waals surface area contributed by atoms with E-state index in [2.05, 4.69) is 58.1 Å². The van der Waals surface area contributed by atoms with Gasteiger partial charge in [-0.15, -0.1) is 0 Å². The lowest BCUT2D eigenvalue weighted by Gasteiger charge is -2.27. The van der Waals surface area contributed by atoms with Gasteiger partial charge in [-0.2, -0.15) is 0 Å². The number of hydrogen-bond donors (Lipinski definition) is 0. The zero-order chi connectivity index (χ0) is 25.7. The first kappa shape index (κ1) is 29.8. The summed E-state index contributed by atoms with van der Waals surface area (Å²) in [6, 6.07) is 0. The SMILES string of the molecule is CC(C)(C=C1CCCCCCC1)/C=C/C(C)(C)/C=C/C1CCCC(BC2CCCCCCC2)CCC1. The van der Waals surface area contributed by atoms with Crippen LogP contribution in [0.15, 0.2) is 36.0 Å². The third-order valence-electron chi connectivity index (χ3n) is 9.58. The van der Waals surface area contributed by atoms with Gasteiger partial charge in [0.25, 0.3) is 0 Å². The molecule has 0 radical (unpaired) electrons. The highest BCUT2D eigenvalue weighted by Gasteiger charge is 2.22. The fourth-order valence-electron chi connectivity index (χ4n) is 7.25. The summed E-state index contributed by atoms with van der Waals surface area (Å²) in [5.41, 5.74) is 2.01. The molecule has 0 aromatic carbocycles. The summed E-state index contributed by atoms with van der Waals surface area (Å²) in [5, 5.41) is 0. The Balaban J connectivity index is 1.45. The van der Waals surface area contributed by atoms with Gasteiger partial charge in [-0.05, 0) is 44.4 Å². The van der Waals surface area contributed by atoms with Crippen LogP contribution in [-0.2, 0) is 0 Å². The summed E-state index contributed by atoms with van der Waals surface area (Å²) in [4.78, 5) is 0. The maximum Gasteiger partial charge on any atom is 0.127 e. The second-order valence-electron chi connectivity index (χ2n) is 14.3. The molecule has 0 aromatic rings. The van der Waals surface area contributed by atoms with E-state index in [1.54, 1.807) is 12.9 Å². The molecule has 0 saturated heterocycles. The Labute approximate surface area is 227 Å². The molecule has 3 fully saturated rings. The summed E-state index contributed by atoms with van der Waals surface area (Å²) >= 11 is 0. The maximum absolute atomic E-state index is 2.60. The summed E-state index contributed by atoms with van der Waals surface area (Å²) < 4.78 is 0. The molecule has 1 heteroatoms. The molecule has 36 heavy (non-hydrogen) atoms. The Kier molecular flexibility index (Phi) is 13.0. The molecule has 0 heterocycles. The van der Waals surface area contributed by atoms with Crippen molar-refractivity contribution in [1.82, 2.24) is 0 Å². The standard InChI is InChI=1S/C35H61B/c1-34(2,27-28-35(3,4)29-31-17-11-7-5-8-12-18-31)26-25-30-19-15-23-33(24-16-20-30)36-32-21-13-9-6-10-14-22-32/h25-30,32-33,36H,5-24H2,1-4H3/b26-25+,28-27+. The molecular formula is C35H61B. The van der Waals surface area contributed by atoms with Gasteiger partial charge in [0, 0.05) is 10.8 Å². The minimum absolute atomic E-state index is 0.139. The van der Waals surface area contributed by atoms with Gasteiger partial charge in [0.2, 0.25) is 0 Å². The second-order valence-corrected chi connectivity index (χ2v) is 14.3. The van der Waals surface area contributed by atoms with Crippen molar-refractivity contribution in [3.8, 4) is 0 Å². The summed E-state index contributed by atoms with van der Waals surface area (Å²) in [7, 11) is 1.55. The van der Waals surface area contributed by atoms with E-state index >= 15 is 0 Å². The zero-order valence-corrected chi connectivity index (χ0v) is 25.0.